The normalized spacial score (nSPS) is 22.1. The molecule has 0 spiro atoms. The van der Waals surface area contributed by atoms with Gasteiger partial charge in [0.15, 0.2) is 5.60 Å². The molecule has 2 aliphatic rings. The Bertz CT molecular complexity index is 843. The maximum Gasteiger partial charge on any atom is 0.256 e. The number of hydrogen-bond donors (Lipinski definition) is 0. The molecule has 28 heavy (non-hydrogen) atoms. The summed E-state index contributed by atoms with van der Waals surface area (Å²) in [4.78, 5) is 30.3. The minimum atomic E-state index is -1.02. The van der Waals surface area contributed by atoms with Gasteiger partial charge in [-0.1, -0.05) is 30.3 Å². The number of amides is 2. The lowest BCUT2D eigenvalue weighted by atomic mass is 9.90. The van der Waals surface area contributed by atoms with E-state index in [1.165, 1.54) is 10.4 Å². The third kappa shape index (κ3) is 3.84. The monoisotopic (exact) mass is 398 g/mol. The lowest BCUT2D eigenvalue weighted by molar-refractivity contribution is -0.173. The minimum absolute atomic E-state index is 0.0804. The summed E-state index contributed by atoms with van der Waals surface area (Å²) < 4.78 is 6.09. The van der Waals surface area contributed by atoms with Gasteiger partial charge in [0.2, 0.25) is 5.91 Å². The van der Waals surface area contributed by atoms with E-state index in [0.717, 1.165) is 18.4 Å². The third-order valence-corrected chi connectivity index (χ3v) is 6.39. The number of nitrogens with zero attached hydrogens (tertiary/aromatic N) is 2. The van der Waals surface area contributed by atoms with Crippen LogP contribution in [0.2, 0.25) is 0 Å². The van der Waals surface area contributed by atoms with Crippen molar-refractivity contribution in [2.45, 2.75) is 24.9 Å². The molecular formula is C22H26N2O3S. The zero-order chi connectivity index (χ0) is 19.7. The average Bonchev–Trinajstić information content (AvgIpc) is 3.41. The molecule has 5 nitrogen and oxygen atoms in total. The average molecular weight is 399 g/mol. The molecule has 2 heterocycles. The van der Waals surface area contributed by atoms with E-state index in [1.807, 2.05) is 11.0 Å². The van der Waals surface area contributed by atoms with Crippen LogP contribution in [0.15, 0.2) is 41.8 Å². The number of morpholine rings is 1. The zero-order valence-electron chi connectivity index (χ0n) is 16.4. The smallest absolute Gasteiger partial charge is 0.256 e. The molecule has 1 aliphatic carbocycles. The largest absolute Gasteiger partial charge is 0.361 e. The zero-order valence-corrected chi connectivity index (χ0v) is 17.2. The van der Waals surface area contributed by atoms with E-state index >= 15 is 0 Å². The van der Waals surface area contributed by atoms with Gasteiger partial charge in [-0.2, -0.15) is 0 Å². The van der Waals surface area contributed by atoms with Crippen LogP contribution in [0.1, 0.15) is 18.4 Å². The van der Waals surface area contributed by atoms with Crippen molar-refractivity contribution >= 4 is 23.2 Å². The van der Waals surface area contributed by atoms with Gasteiger partial charge < -0.3 is 14.5 Å². The van der Waals surface area contributed by atoms with Crippen LogP contribution in [0.25, 0.3) is 10.4 Å². The molecule has 1 atom stereocenters. The Balaban J connectivity index is 1.57. The highest BCUT2D eigenvalue weighted by molar-refractivity contribution is 7.13. The van der Waals surface area contributed by atoms with Crippen molar-refractivity contribution in [2.75, 3.05) is 33.8 Å². The van der Waals surface area contributed by atoms with Crippen LogP contribution in [0.4, 0.5) is 0 Å². The SMILES string of the molecule is CN(C)C(=O)[C@]1(Cc2ccc(-c3cccs3)cc2)CN(C(=O)C2CC2)CCO1. The number of benzene rings is 1. The third-order valence-electron chi connectivity index (χ3n) is 5.47. The Hall–Kier alpha value is -2.18. The summed E-state index contributed by atoms with van der Waals surface area (Å²) in [5.41, 5.74) is 1.19. The van der Waals surface area contributed by atoms with Crippen molar-refractivity contribution in [3.8, 4) is 10.4 Å². The van der Waals surface area contributed by atoms with E-state index < -0.39 is 5.60 Å². The molecule has 148 valence electrons. The molecule has 0 radical (unpaired) electrons. The standard InChI is InChI=1S/C22H26N2O3S/c1-23(2)21(26)22(15-24(11-12-27-22)20(25)18-9-10-18)14-16-5-7-17(8-6-16)19-4-3-13-28-19/h3-8,13,18H,9-12,14-15H2,1-2H3/t22-/m0/s1. The topological polar surface area (TPSA) is 49.9 Å². The van der Waals surface area contributed by atoms with Crippen molar-refractivity contribution in [1.82, 2.24) is 9.80 Å². The van der Waals surface area contributed by atoms with E-state index in [9.17, 15) is 9.59 Å². The van der Waals surface area contributed by atoms with Gasteiger partial charge in [-0.05, 0) is 35.4 Å². The van der Waals surface area contributed by atoms with Gasteiger partial charge in [0.05, 0.1) is 13.2 Å². The molecular weight excluding hydrogens is 372 g/mol. The fraction of sp³-hybridized carbons (Fsp3) is 0.455. The highest BCUT2D eigenvalue weighted by Gasteiger charge is 2.47. The lowest BCUT2D eigenvalue weighted by Gasteiger charge is -2.43. The van der Waals surface area contributed by atoms with Gasteiger partial charge in [-0.15, -0.1) is 11.3 Å². The van der Waals surface area contributed by atoms with Crippen molar-refractivity contribution < 1.29 is 14.3 Å². The lowest BCUT2D eigenvalue weighted by Crippen LogP contribution is -2.62. The quantitative estimate of drug-likeness (QED) is 0.778. The maximum absolute atomic E-state index is 13.1. The molecule has 2 amide bonds. The summed E-state index contributed by atoms with van der Waals surface area (Å²) >= 11 is 1.71. The Morgan fingerprint density at radius 2 is 1.96 bits per heavy atom. The summed E-state index contributed by atoms with van der Waals surface area (Å²) in [6, 6.07) is 12.4. The predicted molar refractivity (Wildman–Crippen MR) is 110 cm³/mol. The fourth-order valence-corrected chi connectivity index (χ4v) is 4.57. The van der Waals surface area contributed by atoms with Crippen molar-refractivity contribution in [3.63, 3.8) is 0 Å². The van der Waals surface area contributed by atoms with Gasteiger partial charge in [-0.3, -0.25) is 9.59 Å². The van der Waals surface area contributed by atoms with Crippen LogP contribution in [-0.2, 0) is 20.7 Å². The summed E-state index contributed by atoms with van der Waals surface area (Å²) in [7, 11) is 3.49. The van der Waals surface area contributed by atoms with Crippen LogP contribution >= 0.6 is 11.3 Å². The Morgan fingerprint density at radius 3 is 2.57 bits per heavy atom. The van der Waals surface area contributed by atoms with E-state index in [0.29, 0.717) is 26.1 Å². The summed E-state index contributed by atoms with van der Waals surface area (Å²) in [6.45, 7) is 1.28. The Labute approximate surface area is 169 Å². The molecule has 1 saturated heterocycles. The highest BCUT2D eigenvalue weighted by atomic mass is 32.1. The number of rotatable bonds is 5. The first kappa shape index (κ1) is 19.2. The number of carbonyl (C=O) groups excluding carboxylic acids is 2. The molecule has 0 bridgehead atoms. The molecule has 2 fully saturated rings. The molecule has 1 aromatic heterocycles. The van der Waals surface area contributed by atoms with Crippen LogP contribution < -0.4 is 0 Å². The molecule has 0 N–H and O–H groups in total. The summed E-state index contributed by atoms with van der Waals surface area (Å²) in [5.74, 6) is 0.241. The molecule has 0 unspecified atom stereocenters. The molecule has 1 saturated carbocycles. The Morgan fingerprint density at radius 1 is 1.21 bits per heavy atom. The van der Waals surface area contributed by atoms with Crippen molar-refractivity contribution in [2.24, 2.45) is 5.92 Å². The van der Waals surface area contributed by atoms with Crippen LogP contribution in [-0.4, -0.2) is 61.0 Å². The van der Waals surface area contributed by atoms with Gasteiger partial charge in [0.25, 0.3) is 5.91 Å². The summed E-state index contributed by atoms with van der Waals surface area (Å²) in [6.07, 6.45) is 2.40. The summed E-state index contributed by atoms with van der Waals surface area (Å²) in [5, 5.41) is 2.06. The highest BCUT2D eigenvalue weighted by Crippen LogP contribution is 2.34. The number of carbonyl (C=O) groups is 2. The first-order valence-corrected chi connectivity index (χ1v) is 10.6. The first-order chi connectivity index (χ1) is 13.5. The van der Waals surface area contributed by atoms with Crippen LogP contribution in [0.5, 0.6) is 0 Å². The molecule has 1 aliphatic heterocycles. The molecule has 6 heteroatoms. The molecule has 2 aromatic rings. The number of hydrogen-bond acceptors (Lipinski definition) is 4. The van der Waals surface area contributed by atoms with E-state index in [-0.39, 0.29) is 17.7 Å². The van der Waals surface area contributed by atoms with Crippen LogP contribution in [0.3, 0.4) is 0 Å². The second-order valence-electron chi connectivity index (χ2n) is 7.93. The van der Waals surface area contributed by atoms with Crippen molar-refractivity contribution in [1.29, 1.82) is 0 Å². The first-order valence-electron chi connectivity index (χ1n) is 9.76. The van der Waals surface area contributed by atoms with E-state index in [1.54, 1.807) is 30.3 Å². The van der Waals surface area contributed by atoms with Gasteiger partial charge in [-0.25, -0.2) is 0 Å². The second-order valence-corrected chi connectivity index (χ2v) is 8.88. The second kappa shape index (κ2) is 7.68. The van der Waals surface area contributed by atoms with Crippen LogP contribution in [0, 0.1) is 5.92 Å². The number of ether oxygens (including phenoxy) is 1. The predicted octanol–water partition coefficient (Wildman–Crippen LogP) is 3.05. The van der Waals surface area contributed by atoms with E-state index in [4.69, 9.17) is 4.74 Å². The van der Waals surface area contributed by atoms with Gasteiger partial charge in [0, 0.05) is 37.9 Å². The molecule has 1 aromatic carbocycles. The number of thiophene rings is 1. The fourth-order valence-electron chi connectivity index (χ4n) is 3.84. The van der Waals surface area contributed by atoms with Crippen molar-refractivity contribution in [3.05, 3.63) is 47.3 Å². The molecule has 4 rings (SSSR count). The maximum atomic E-state index is 13.1. The Kier molecular flexibility index (Phi) is 5.25. The minimum Gasteiger partial charge on any atom is -0.361 e. The van der Waals surface area contributed by atoms with E-state index in [2.05, 4.69) is 35.7 Å². The van der Waals surface area contributed by atoms with Gasteiger partial charge in [0.1, 0.15) is 0 Å². The number of likely N-dealkylation sites (N-methyl/N-ethyl adjacent to an activating group) is 1. The van der Waals surface area contributed by atoms with Gasteiger partial charge >= 0.3 is 0 Å².